The number of ether oxygens (including phenoxy) is 1. The molecule has 2 heterocycles. The van der Waals surface area contributed by atoms with Gasteiger partial charge in [0, 0.05) is 36.4 Å². The first-order valence-corrected chi connectivity index (χ1v) is 8.45. The summed E-state index contributed by atoms with van der Waals surface area (Å²) in [6.45, 7) is 1.17. The van der Waals surface area contributed by atoms with E-state index in [4.69, 9.17) is 4.74 Å². The predicted molar refractivity (Wildman–Crippen MR) is 93.1 cm³/mol. The van der Waals surface area contributed by atoms with Gasteiger partial charge in [0.15, 0.2) is 0 Å². The SMILES string of the molecule is Fc1ccccc1C1CCNCc2cc(Oc3cccnn3)cc(F)c21. The van der Waals surface area contributed by atoms with Crippen molar-refractivity contribution in [1.82, 2.24) is 15.5 Å². The molecule has 4 rings (SSSR count). The molecule has 1 aliphatic rings. The smallest absolute Gasteiger partial charge is 0.238 e. The Morgan fingerprint density at radius 2 is 1.92 bits per heavy atom. The maximum absolute atomic E-state index is 15.0. The zero-order valence-corrected chi connectivity index (χ0v) is 14.0. The summed E-state index contributed by atoms with van der Waals surface area (Å²) >= 11 is 0. The third kappa shape index (κ3) is 3.28. The van der Waals surface area contributed by atoms with E-state index in [1.807, 2.05) is 0 Å². The summed E-state index contributed by atoms with van der Waals surface area (Å²) in [6.07, 6.45) is 2.16. The third-order valence-electron chi connectivity index (χ3n) is 4.51. The fourth-order valence-electron chi connectivity index (χ4n) is 3.39. The molecule has 1 aliphatic heterocycles. The van der Waals surface area contributed by atoms with Crippen molar-refractivity contribution in [3.8, 4) is 11.6 Å². The van der Waals surface area contributed by atoms with E-state index in [9.17, 15) is 4.39 Å². The Kier molecular flexibility index (Phi) is 4.58. The van der Waals surface area contributed by atoms with Crippen LogP contribution in [0.5, 0.6) is 11.6 Å². The van der Waals surface area contributed by atoms with E-state index in [1.54, 1.807) is 36.4 Å². The zero-order valence-electron chi connectivity index (χ0n) is 14.0. The Morgan fingerprint density at radius 1 is 1.04 bits per heavy atom. The average Bonchev–Trinajstić information content (AvgIpc) is 2.86. The van der Waals surface area contributed by atoms with Crippen LogP contribution < -0.4 is 10.1 Å². The molecule has 0 saturated heterocycles. The van der Waals surface area contributed by atoms with Crippen LogP contribution in [0.4, 0.5) is 8.78 Å². The fourth-order valence-corrected chi connectivity index (χ4v) is 3.39. The van der Waals surface area contributed by atoms with E-state index in [0.29, 0.717) is 42.3 Å². The molecule has 132 valence electrons. The lowest BCUT2D eigenvalue weighted by Crippen LogP contribution is -2.12. The monoisotopic (exact) mass is 353 g/mol. The van der Waals surface area contributed by atoms with Crippen LogP contribution in [0, 0.1) is 11.6 Å². The van der Waals surface area contributed by atoms with Gasteiger partial charge in [0.1, 0.15) is 17.4 Å². The van der Waals surface area contributed by atoms with Crippen LogP contribution in [0.2, 0.25) is 0 Å². The maximum Gasteiger partial charge on any atom is 0.238 e. The Hall–Kier alpha value is -2.86. The van der Waals surface area contributed by atoms with Crippen LogP contribution in [-0.4, -0.2) is 16.7 Å². The van der Waals surface area contributed by atoms with E-state index in [2.05, 4.69) is 15.5 Å². The normalized spacial score (nSPS) is 16.6. The molecule has 1 N–H and O–H groups in total. The van der Waals surface area contributed by atoms with Gasteiger partial charge in [0.25, 0.3) is 0 Å². The predicted octanol–water partition coefficient (Wildman–Crippen LogP) is 4.17. The van der Waals surface area contributed by atoms with Crippen molar-refractivity contribution in [2.24, 2.45) is 0 Å². The Balaban J connectivity index is 1.75. The molecule has 1 unspecified atom stereocenters. The van der Waals surface area contributed by atoms with Gasteiger partial charge >= 0.3 is 0 Å². The third-order valence-corrected chi connectivity index (χ3v) is 4.51. The topological polar surface area (TPSA) is 47.0 Å². The minimum Gasteiger partial charge on any atom is -0.437 e. The van der Waals surface area contributed by atoms with Crippen LogP contribution in [0.15, 0.2) is 54.7 Å². The quantitative estimate of drug-likeness (QED) is 0.768. The van der Waals surface area contributed by atoms with Crippen molar-refractivity contribution in [3.63, 3.8) is 0 Å². The Morgan fingerprint density at radius 3 is 2.73 bits per heavy atom. The minimum absolute atomic E-state index is 0.291. The molecular formula is C20H17F2N3O. The molecule has 0 radical (unpaired) electrons. The molecule has 2 aromatic carbocycles. The van der Waals surface area contributed by atoms with Crippen molar-refractivity contribution in [2.45, 2.75) is 18.9 Å². The maximum atomic E-state index is 15.0. The number of fused-ring (bicyclic) bond motifs is 1. The van der Waals surface area contributed by atoms with Crippen LogP contribution >= 0.6 is 0 Å². The second-order valence-corrected chi connectivity index (χ2v) is 6.18. The van der Waals surface area contributed by atoms with Gasteiger partial charge in [-0.1, -0.05) is 18.2 Å². The zero-order chi connectivity index (χ0) is 17.9. The number of rotatable bonds is 3. The second kappa shape index (κ2) is 7.17. The van der Waals surface area contributed by atoms with Gasteiger partial charge in [-0.05, 0) is 42.3 Å². The molecule has 4 nitrogen and oxygen atoms in total. The highest BCUT2D eigenvalue weighted by Crippen LogP contribution is 2.37. The van der Waals surface area contributed by atoms with Gasteiger partial charge in [-0.25, -0.2) is 8.78 Å². The molecule has 0 spiro atoms. The highest BCUT2D eigenvalue weighted by molar-refractivity contribution is 5.45. The lowest BCUT2D eigenvalue weighted by Gasteiger charge is -2.20. The van der Waals surface area contributed by atoms with Gasteiger partial charge in [0.05, 0.1) is 0 Å². The van der Waals surface area contributed by atoms with Crippen LogP contribution in [0.25, 0.3) is 0 Å². The van der Waals surface area contributed by atoms with Crippen molar-refractivity contribution in [2.75, 3.05) is 6.54 Å². The van der Waals surface area contributed by atoms with Crippen molar-refractivity contribution < 1.29 is 13.5 Å². The van der Waals surface area contributed by atoms with E-state index >= 15 is 4.39 Å². The molecule has 6 heteroatoms. The first-order valence-electron chi connectivity index (χ1n) is 8.45. The van der Waals surface area contributed by atoms with Gasteiger partial charge in [-0.2, -0.15) is 5.10 Å². The number of benzene rings is 2. The standard InChI is InChI=1S/C20H17F2N3O/c21-17-5-2-1-4-15(17)16-7-9-23-12-13-10-14(11-18(22)20(13)16)26-19-6-3-8-24-25-19/h1-6,8,10-11,16,23H,7,9,12H2. The summed E-state index contributed by atoms with van der Waals surface area (Å²) in [5.41, 5.74) is 1.79. The Labute approximate surface area is 149 Å². The molecule has 0 saturated carbocycles. The number of nitrogens with zero attached hydrogens (tertiary/aromatic N) is 2. The Bertz CT molecular complexity index is 918. The molecule has 3 aromatic rings. The molecule has 1 atom stereocenters. The highest BCUT2D eigenvalue weighted by Gasteiger charge is 2.26. The first kappa shape index (κ1) is 16.6. The number of hydrogen-bond acceptors (Lipinski definition) is 4. The summed E-state index contributed by atoms with van der Waals surface area (Å²) in [6, 6.07) is 13.0. The van der Waals surface area contributed by atoms with E-state index < -0.39 is 5.82 Å². The van der Waals surface area contributed by atoms with E-state index in [1.165, 1.54) is 18.3 Å². The molecule has 26 heavy (non-hydrogen) atoms. The molecule has 0 bridgehead atoms. The van der Waals surface area contributed by atoms with Crippen molar-refractivity contribution >= 4 is 0 Å². The van der Waals surface area contributed by atoms with E-state index in [-0.39, 0.29) is 11.7 Å². The lowest BCUT2D eigenvalue weighted by molar-refractivity contribution is 0.448. The van der Waals surface area contributed by atoms with Crippen LogP contribution in [-0.2, 0) is 6.54 Å². The molecule has 0 aliphatic carbocycles. The average molecular weight is 353 g/mol. The molecular weight excluding hydrogens is 336 g/mol. The summed E-state index contributed by atoms with van der Waals surface area (Å²) in [4.78, 5) is 0. The lowest BCUT2D eigenvalue weighted by atomic mass is 9.86. The van der Waals surface area contributed by atoms with Gasteiger partial charge in [-0.15, -0.1) is 5.10 Å². The number of nitrogens with one attached hydrogen (secondary N) is 1. The van der Waals surface area contributed by atoms with Gasteiger partial charge in [-0.3, -0.25) is 0 Å². The van der Waals surface area contributed by atoms with Crippen molar-refractivity contribution in [3.05, 3.63) is 83.1 Å². The van der Waals surface area contributed by atoms with Gasteiger partial charge in [0.2, 0.25) is 5.88 Å². The second-order valence-electron chi connectivity index (χ2n) is 6.18. The number of halogens is 2. The molecule has 1 aromatic heterocycles. The first-order chi connectivity index (χ1) is 12.7. The van der Waals surface area contributed by atoms with Crippen LogP contribution in [0.3, 0.4) is 0 Å². The summed E-state index contributed by atoms with van der Waals surface area (Å²) in [7, 11) is 0. The molecule has 0 fully saturated rings. The highest BCUT2D eigenvalue weighted by atomic mass is 19.1. The largest absolute Gasteiger partial charge is 0.437 e. The van der Waals surface area contributed by atoms with E-state index in [0.717, 1.165) is 5.56 Å². The molecule has 0 amide bonds. The summed E-state index contributed by atoms with van der Waals surface area (Å²) in [5, 5.41) is 10.9. The van der Waals surface area contributed by atoms with Crippen molar-refractivity contribution in [1.29, 1.82) is 0 Å². The van der Waals surface area contributed by atoms with Gasteiger partial charge < -0.3 is 10.1 Å². The van der Waals surface area contributed by atoms with Crippen LogP contribution in [0.1, 0.15) is 29.0 Å². The fraction of sp³-hybridized carbons (Fsp3) is 0.200. The number of hydrogen-bond donors (Lipinski definition) is 1. The summed E-state index contributed by atoms with van der Waals surface area (Å²) in [5.74, 6) is -0.424. The summed E-state index contributed by atoms with van der Waals surface area (Å²) < 4.78 is 34.9. The number of aromatic nitrogens is 2. The minimum atomic E-state index is -0.404.